The number of aryl methyl sites for hydroxylation is 1. The Morgan fingerprint density at radius 1 is 0.793 bits per heavy atom. The molecular formula is C23H16N4O2. The number of rotatable bonds is 3. The molecule has 29 heavy (non-hydrogen) atoms. The Morgan fingerprint density at radius 2 is 1.48 bits per heavy atom. The van der Waals surface area contributed by atoms with Gasteiger partial charge in [0.25, 0.3) is 5.56 Å². The maximum absolute atomic E-state index is 13.1. The second-order valence-electron chi connectivity index (χ2n) is 6.65. The largest absolute Gasteiger partial charge is 0.416 e. The van der Waals surface area contributed by atoms with Crippen LogP contribution in [0.5, 0.6) is 0 Å². The van der Waals surface area contributed by atoms with Gasteiger partial charge in [-0.1, -0.05) is 36.4 Å². The molecule has 0 spiro atoms. The maximum atomic E-state index is 13.1. The maximum Gasteiger partial charge on any atom is 0.265 e. The van der Waals surface area contributed by atoms with Crippen molar-refractivity contribution in [2.45, 2.75) is 6.92 Å². The number of para-hydroxylation sites is 1. The molecule has 5 rings (SSSR count). The number of benzene rings is 3. The molecule has 0 amide bonds. The van der Waals surface area contributed by atoms with Crippen molar-refractivity contribution in [1.29, 1.82) is 0 Å². The zero-order chi connectivity index (χ0) is 19.8. The molecule has 0 unspecified atom stereocenters. The van der Waals surface area contributed by atoms with Gasteiger partial charge >= 0.3 is 0 Å². The van der Waals surface area contributed by atoms with Crippen LogP contribution in [0.4, 0.5) is 0 Å². The molecule has 140 valence electrons. The molecule has 0 N–H and O–H groups in total. The summed E-state index contributed by atoms with van der Waals surface area (Å²) in [6.45, 7) is 1.82. The van der Waals surface area contributed by atoms with Gasteiger partial charge in [0.2, 0.25) is 11.8 Å². The Hall–Kier alpha value is -4.06. The van der Waals surface area contributed by atoms with Gasteiger partial charge in [0.05, 0.1) is 16.6 Å². The molecule has 0 aliphatic rings. The zero-order valence-electron chi connectivity index (χ0n) is 15.6. The van der Waals surface area contributed by atoms with Crippen LogP contribution in [-0.2, 0) is 0 Å². The van der Waals surface area contributed by atoms with Crippen molar-refractivity contribution in [2.24, 2.45) is 0 Å². The average Bonchev–Trinajstić information content (AvgIpc) is 3.25. The lowest BCUT2D eigenvalue weighted by Gasteiger charge is -2.11. The summed E-state index contributed by atoms with van der Waals surface area (Å²) < 4.78 is 7.45. The van der Waals surface area contributed by atoms with E-state index in [1.54, 1.807) is 10.6 Å². The van der Waals surface area contributed by atoms with Crippen LogP contribution in [0.3, 0.4) is 0 Å². The molecule has 0 radical (unpaired) electrons. The first kappa shape index (κ1) is 17.1. The van der Waals surface area contributed by atoms with Crippen LogP contribution in [0.15, 0.2) is 88.1 Å². The van der Waals surface area contributed by atoms with Crippen LogP contribution < -0.4 is 5.56 Å². The van der Waals surface area contributed by atoms with Crippen LogP contribution in [-0.4, -0.2) is 19.7 Å². The second kappa shape index (κ2) is 6.83. The second-order valence-corrected chi connectivity index (χ2v) is 6.65. The Morgan fingerprint density at radius 3 is 2.31 bits per heavy atom. The summed E-state index contributed by atoms with van der Waals surface area (Å²) in [5, 5.41) is 8.89. The summed E-state index contributed by atoms with van der Waals surface area (Å²) in [5.74, 6) is 1.46. The van der Waals surface area contributed by atoms with E-state index < -0.39 is 0 Å². The topological polar surface area (TPSA) is 73.8 Å². The van der Waals surface area contributed by atoms with Crippen LogP contribution in [0.25, 0.3) is 39.5 Å². The average molecular weight is 380 g/mol. The van der Waals surface area contributed by atoms with Gasteiger partial charge < -0.3 is 4.42 Å². The molecule has 2 aromatic heterocycles. The molecule has 6 nitrogen and oxygen atoms in total. The predicted molar refractivity (Wildman–Crippen MR) is 111 cm³/mol. The Bertz CT molecular complexity index is 1390. The Labute approximate surface area is 166 Å². The molecule has 0 aliphatic carbocycles. The van der Waals surface area contributed by atoms with E-state index in [1.807, 2.05) is 79.7 Å². The fourth-order valence-corrected chi connectivity index (χ4v) is 3.36. The van der Waals surface area contributed by atoms with Crippen LogP contribution in [0.2, 0.25) is 0 Å². The van der Waals surface area contributed by atoms with E-state index in [4.69, 9.17) is 4.42 Å². The highest BCUT2D eigenvalue weighted by Crippen LogP contribution is 2.25. The first-order valence-electron chi connectivity index (χ1n) is 9.19. The predicted octanol–water partition coefficient (Wildman–Crippen LogP) is 4.41. The van der Waals surface area contributed by atoms with Gasteiger partial charge in [-0.05, 0) is 49.4 Å². The molecular weight excluding hydrogens is 364 g/mol. The minimum absolute atomic E-state index is 0.110. The quantitative estimate of drug-likeness (QED) is 0.463. The van der Waals surface area contributed by atoms with Gasteiger partial charge in [-0.15, -0.1) is 10.2 Å². The van der Waals surface area contributed by atoms with Crippen molar-refractivity contribution in [3.05, 3.63) is 95.0 Å². The highest BCUT2D eigenvalue weighted by molar-refractivity contribution is 5.78. The van der Waals surface area contributed by atoms with E-state index in [1.165, 1.54) is 0 Å². The minimum Gasteiger partial charge on any atom is -0.416 e. The number of fused-ring (bicyclic) bond motifs is 1. The van der Waals surface area contributed by atoms with Crippen molar-refractivity contribution >= 4 is 10.9 Å². The highest BCUT2D eigenvalue weighted by atomic mass is 16.4. The van der Waals surface area contributed by atoms with Crippen LogP contribution in [0.1, 0.15) is 5.82 Å². The lowest BCUT2D eigenvalue weighted by atomic mass is 10.2. The summed E-state index contributed by atoms with van der Waals surface area (Å²) in [6, 6.07) is 24.4. The number of aromatic nitrogens is 4. The van der Waals surface area contributed by atoms with Gasteiger partial charge in [0.1, 0.15) is 5.82 Å². The summed E-state index contributed by atoms with van der Waals surface area (Å²) in [6.07, 6.45) is 0. The third kappa shape index (κ3) is 3.00. The lowest BCUT2D eigenvalue weighted by molar-refractivity contribution is 0.584. The monoisotopic (exact) mass is 380 g/mol. The standard InChI is InChI=1S/C23H16N4O2/c1-15-24-20-13-6-5-12-19(20)23(28)27(15)18-11-7-10-17(14-18)22-26-25-21(29-22)16-8-3-2-4-9-16/h2-14H,1H3. The number of hydrogen-bond donors (Lipinski definition) is 0. The molecule has 0 saturated carbocycles. The van der Waals surface area contributed by atoms with Crippen LogP contribution in [0, 0.1) is 6.92 Å². The molecule has 0 aliphatic heterocycles. The molecule has 6 heteroatoms. The fraction of sp³-hybridized carbons (Fsp3) is 0.0435. The smallest absolute Gasteiger partial charge is 0.265 e. The molecule has 3 aromatic carbocycles. The van der Waals surface area contributed by atoms with E-state index >= 15 is 0 Å². The molecule has 2 heterocycles. The summed E-state index contributed by atoms with van der Waals surface area (Å²) >= 11 is 0. The van der Waals surface area contributed by atoms with Gasteiger partial charge in [0.15, 0.2) is 0 Å². The SMILES string of the molecule is Cc1nc2ccccc2c(=O)n1-c1cccc(-c2nnc(-c3ccccc3)o2)c1. The van der Waals surface area contributed by atoms with Crippen molar-refractivity contribution < 1.29 is 4.42 Å². The molecule has 0 fully saturated rings. The summed E-state index contributed by atoms with van der Waals surface area (Å²) in [5.41, 5.74) is 2.86. The lowest BCUT2D eigenvalue weighted by Crippen LogP contribution is -2.22. The van der Waals surface area contributed by atoms with E-state index in [2.05, 4.69) is 15.2 Å². The van der Waals surface area contributed by atoms with E-state index in [0.29, 0.717) is 34.2 Å². The van der Waals surface area contributed by atoms with Crippen molar-refractivity contribution in [2.75, 3.05) is 0 Å². The molecule has 0 saturated heterocycles. The van der Waals surface area contributed by atoms with Gasteiger partial charge in [-0.25, -0.2) is 4.98 Å². The van der Waals surface area contributed by atoms with Gasteiger partial charge in [-0.3, -0.25) is 9.36 Å². The third-order valence-corrected chi connectivity index (χ3v) is 4.74. The Kier molecular flexibility index (Phi) is 4.02. The first-order valence-corrected chi connectivity index (χ1v) is 9.19. The Balaban J connectivity index is 1.61. The zero-order valence-corrected chi connectivity index (χ0v) is 15.6. The van der Waals surface area contributed by atoms with Crippen LogP contribution >= 0.6 is 0 Å². The normalized spacial score (nSPS) is 11.1. The summed E-state index contributed by atoms with van der Waals surface area (Å²) in [7, 11) is 0. The summed E-state index contributed by atoms with van der Waals surface area (Å²) in [4.78, 5) is 17.6. The first-order chi connectivity index (χ1) is 14.2. The van der Waals surface area contributed by atoms with E-state index in [-0.39, 0.29) is 5.56 Å². The highest BCUT2D eigenvalue weighted by Gasteiger charge is 2.13. The van der Waals surface area contributed by atoms with E-state index in [9.17, 15) is 4.79 Å². The van der Waals surface area contributed by atoms with E-state index in [0.717, 1.165) is 11.1 Å². The molecule has 5 aromatic rings. The van der Waals surface area contributed by atoms with Crippen molar-refractivity contribution in [3.63, 3.8) is 0 Å². The number of hydrogen-bond acceptors (Lipinski definition) is 5. The fourth-order valence-electron chi connectivity index (χ4n) is 3.36. The van der Waals surface area contributed by atoms with Gasteiger partial charge in [0, 0.05) is 11.1 Å². The van der Waals surface area contributed by atoms with Crippen molar-refractivity contribution in [1.82, 2.24) is 19.7 Å². The minimum atomic E-state index is -0.110. The number of nitrogens with zero attached hydrogens (tertiary/aromatic N) is 4. The van der Waals surface area contributed by atoms with Gasteiger partial charge in [-0.2, -0.15) is 0 Å². The third-order valence-electron chi connectivity index (χ3n) is 4.74. The molecule has 0 atom stereocenters. The van der Waals surface area contributed by atoms with Crippen molar-refractivity contribution in [3.8, 4) is 28.6 Å². The molecule has 0 bridgehead atoms.